The SMILES string of the molecule is Cc1c(O)cc2c(=O)n3c(c4cccc1c24)=NC1C=CC=CC13. The van der Waals surface area contributed by atoms with E-state index in [2.05, 4.69) is 0 Å². The van der Waals surface area contributed by atoms with Gasteiger partial charge >= 0.3 is 0 Å². The van der Waals surface area contributed by atoms with Crippen LogP contribution >= 0.6 is 0 Å². The summed E-state index contributed by atoms with van der Waals surface area (Å²) in [5.41, 5.74) is 1.45. The molecule has 0 amide bonds. The summed E-state index contributed by atoms with van der Waals surface area (Å²) in [7, 11) is 0. The monoisotopic (exact) mass is 302 g/mol. The minimum Gasteiger partial charge on any atom is -0.508 e. The van der Waals surface area contributed by atoms with Crippen LogP contribution in [-0.2, 0) is 0 Å². The number of phenolic OH excluding ortho intramolecular Hbond substituents is 1. The standard InChI is InChI=1S/C19H14N2O2/c1-10-11-5-4-6-12-17(11)13(9-16(10)22)19(23)21-15-8-3-2-7-14(15)20-18(12)21/h2-9,14-15,22H,1H3. The van der Waals surface area contributed by atoms with E-state index >= 15 is 0 Å². The van der Waals surface area contributed by atoms with Crippen LogP contribution in [0, 0.1) is 6.92 Å². The van der Waals surface area contributed by atoms with Crippen LogP contribution in [0.1, 0.15) is 11.6 Å². The van der Waals surface area contributed by atoms with Gasteiger partial charge in [0.05, 0.1) is 17.5 Å². The van der Waals surface area contributed by atoms with Crippen molar-refractivity contribution in [2.45, 2.75) is 19.0 Å². The number of hydrogen-bond donors (Lipinski definition) is 1. The Hall–Kier alpha value is -2.88. The molecule has 2 heterocycles. The van der Waals surface area contributed by atoms with E-state index in [1.807, 2.05) is 49.4 Å². The maximum Gasteiger partial charge on any atom is 0.260 e. The lowest BCUT2D eigenvalue weighted by molar-refractivity contribution is 0.472. The number of phenols is 1. The zero-order valence-corrected chi connectivity index (χ0v) is 12.5. The van der Waals surface area contributed by atoms with Crippen molar-refractivity contribution < 1.29 is 5.11 Å². The van der Waals surface area contributed by atoms with Gasteiger partial charge in [-0.05, 0) is 23.9 Å². The quantitative estimate of drug-likeness (QED) is 0.694. The third-order valence-corrected chi connectivity index (χ3v) is 4.97. The molecule has 2 aromatic carbocycles. The molecule has 1 aromatic heterocycles. The van der Waals surface area contributed by atoms with Gasteiger partial charge in [-0.1, -0.05) is 42.5 Å². The molecule has 1 aliphatic heterocycles. The van der Waals surface area contributed by atoms with Crippen LogP contribution in [0.2, 0.25) is 0 Å². The minimum atomic E-state index is -0.0878. The van der Waals surface area contributed by atoms with Crippen LogP contribution in [0.3, 0.4) is 0 Å². The normalized spacial score (nSPS) is 21.6. The number of fused-ring (bicyclic) bond motifs is 4. The van der Waals surface area contributed by atoms with Gasteiger partial charge in [0, 0.05) is 10.8 Å². The first-order valence-corrected chi connectivity index (χ1v) is 7.69. The van der Waals surface area contributed by atoms with Crippen LogP contribution in [0.5, 0.6) is 5.75 Å². The van der Waals surface area contributed by atoms with Crippen molar-refractivity contribution in [3.8, 4) is 5.75 Å². The van der Waals surface area contributed by atoms with E-state index in [1.165, 1.54) is 0 Å². The van der Waals surface area contributed by atoms with Gasteiger partial charge in [0.2, 0.25) is 0 Å². The Kier molecular flexibility index (Phi) is 2.25. The number of aryl methyl sites for hydroxylation is 1. The van der Waals surface area contributed by atoms with Crippen LogP contribution in [0.4, 0.5) is 0 Å². The van der Waals surface area contributed by atoms with Crippen LogP contribution in [-0.4, -0.2) is 15.7 Å². The second kappa shape index (κ2) is 4.10. The molecule has 0 fully saturated rings. The van der Waals surface area contributed by atoms with Crippen molar-refractivity contribution in [2.24, 2.45) is 4.99 Å². The molecule has 4 heteroatoms. The first-order valence-electron chi connectivity index (χ1n) is 7.69. The second-order valence-electron chi connectivity index (χ2n) is 6.18. The molecule has 1 N–H and O–H groups in total. The highest BCUT2D eigenvalue weighted by molar-refractivity contribution is 6.11. The van der Waals surface area contributed by atoms with E-state index in [4.69, 9.17) is 4.99 Å². The number of aromatic hydroxyl groups is 1. The molecule has 2 aliphatic rings. The van der Waals surface area contributed by atoms with Crippen LogP contribution in [0.15, 0.2) is 58.4 Å². The summed E-state index contributed by atoms with van der Waals surface area (Å²) in [6.45, 7) is 1.87. The van der Waals surface area contributed by atoms with Gasteiger partial charge in [-0.2, -0.15) is 0 Å². The number of pyridine rings is 1. The van der Waals surface area contributed by atoms with Crippen molar-refractivity contribution >= 4 is 21.5 Å². The summed E-state index contributed by atoms with van der Waals surface area (Å²) in [6, 6.07) is 7.40. The Balaban J connectivity index is 2.08. The van der Waals surface area contributed by atoms with Gasteiger partial charge in [-0.15, -0.1) is 0 Å². The van der Waals surface area contributed by atoms with Gasteiger partial charge in [0.25, 0.3) is 5.56 Å². The molecular weight excluding hydrogens is 288 g/mol. The maximum absolute atomic E-state index is 13.1. The van der Waals surface area contributed by atoms with E-state index in [-0.39, 0.29) is 23.4 Å². The molecular formula is C19H14N2O2. The van der Waals surface area contributed by atoms with E-state index < -0.39 is 0 Å². The highest BCUT2D eigenvalue weighted by Crippen LogP contribution is 2.33. The number of rotatable bonds is 0. The molecule has 112 valence electrons. The summed E-state index contributed by atoms with van der Waals surface area (Å²) in [5, 5.41) is 13.5. The highest BCUT2D eigenvalue weighted by Gasteiger charge is 2.29. The Morgan fingerprint density at radius 3 is 2.78 bits per heavy atom. The number of nitrogens with zero attached hydrogens (tertiary/aromatic N) is 2. The van der Waals surface area contributed by atoms with E-state index in [9.17, 15) is 9.90 Å². The average molecular weight is 302 g/mol. The smallest absolute Gasteiger partial charge is 0.260 e. The molecule has 0 saturated carbocycles. The van der Waals surface area contributed by atoms with Gasteiger partial charge in [-0.25, -0.2) is 0 Å². The molecule has 3 aromatic rings. The molecule has 1 aliphatic carbocycles. The van der Waals surface area contributed by atoms with Gasteiger partial charge in [0.1, 0.15) is 11.2 Å². The van der Waals surface area contributed by atoms with E-state index in [1.54, 1.807) is 10.6 Å². The largest absolute Gasteiger partial charge is 0.508 e. The summed E-state index contributed by atoms with van der Waals surface area (Å²) >= 11 is 0. The van der Waals surface area contributed by atoms with Crippen LogP contribution < -0.4 is 11.0 Å². The second-order valence-corrected chi connectivity index (χ2v) is 6.18. The van der Waals surface area contributed by atoms with Crippen molar-refractivity contribution in [1.29, 1.82) is 0 Å². The predicted octanol–water partition coefficient (Wildman–Crippen LogP) is 2.56. The summed E-state index contributed by atoms with van der Waals surface area (Å²) in [5.74, 6) is 0.160. The first kappa shape index (κ1) is 12.6. The van der Waals surface area contributed by atoms with Crippen molar-refractivity contribution in [3.05, 3.63) is 70.0 Å². The predicted molar refractivity (Wildman–Crippen MR) is 90.0 cm³/mol. The summed E-state index contributed by atoms with van der Waals surface area (Å²) in [6.07, 6.45) is 7.96. The average Bonchev–Trinajstić information content (AvgIpc) is 2.96. The Morgan fingerprint density at radius 2 is 1.91 bits per heavy atom. The molecule has 0 radical (unpaired) electrons. The zero-order valence-electron chi connectivity index (χ0n) is 12.5. The fourth-order valence-corrected chi connectivity index (χ4v) is 3.81. The minimum absolute atomic E-state index is 0.0294. The number of hydrogen-bond acceptors (Lipinski definition) is 3. The molecule has 2 unspecified atom stereocenters. The lowest BCUT2D eigenvalue weighted by Crippen LogP contribution is -2.34. The molecule has 5 rings (SSSR count). The Morgan fingerprint density at radius 1 is 1.13 bits per heavy atom. The Bertz CT molecular complexity index is 1170. The van der Waals surface area contributed by atoms with Gasteiger partial charge < -0.3 is 5.11 Å². The lowest BCUT2D eigenvalue weighted by atomic mass is 9.97. The maximum atomic E-state index is 13.1. The third-order valence-electron chi connectivity index (χ3n) is 4.97. The lowest BCUT2D eigenvalue weighted by Gasteiger charge is -2.17. The molecule has 2 atom stereocenters. The molecule has 0 bridgehead atoms. The molecule has 23 heavy (non-hydrogen) atoms. The highest BCUT2D eigenvalue weighted by atomic mass is 16.3. The van der Waals surface area contributed by atoms with Gasteiger partial charge in [-0.3, -0.25) is 14.4 Å². The third kappa shape index (κ3) is 1.45. The van der Waals surface area contributed by atoms with E-state index in [0.717, 1.165) is 27.2 Å². The zero-order chi connectivity index (χ0) is 15.7. The topological polar surface area (TPSA) is 54.6 Å². The van der Waals surface area contributed by atoms with Crippen molar-refractivity contribution in [3.63, 3.8) is 0 Å². The molecule has 0 saturated heterocycles. The van der Waals surface area contributed by atoms with Crippen LogP contribution in [0.25, 0.3) is 21.5 Å². The molecule has 4 nitrogen and oxygen atoms in total. The van der Waals surface area contributed by atoms with Crippen molar-refractivity contribution in [2.75, 3.05) is 0 Å². The van der Waals surface area contributed by atoms with E-state index in [0.29, 0.717) is 5.39 Å². The fraction of sp³-hybridized carbons (Fsp3) is 0.158. The summed E-state index contributed by atoms with van der Waals surface area (Å²) in [4.78, 5) is 17.9. The number of aromatic nitrogens is 1. The first-order chi connectivity index (χ1) is 11.2. The fourth-order valence-electron chi connectivity index (χ4n) is 3.81. The van der Waals surface area contributed by atoms with Gasteiger partial charge in [0.15, 0.2) is 0 Å². The molecule has 0 spiro atoms. The summed E-state index contributed by atoms with van der Waals surface area (Å²) < 4.78 is 1.76. The van der Waals surface area contributed by atoms with Crippen molar-refractivity contribution in [1.82, 2.24) is 4.57 Å². The Labute approximate surface area is 131 Å². The number of allylic oxidation sites excluding steroid dienone is 2. The number of benzene rings is 2.